The highest BCUT2D eigenvalue weighted by atomic mass is 35.5. The van der Waals surface area contributed by atoms with Crippen LogP contribution >= 0.6 is 11.6 Å². The molecule has 37 heavy (non-hydrogen) atoms. The predicted molar refractivity (Wildman–Crippen MR) is 141 cm³/mol. The Morgan fingerprint density at radius 3 is 2.54 bits per heavy atom. The summed E-state index contributed by atoms with van der Waals surface area (Å²) in [6, 6.07) is 15.2. The van der Waals surface area contributed by atoms with Crippen LogP contribution in [-0.2, 0) is 22.5 Å². The summed E-state index contributed by atoms with van der Waals surface area (Å²) in [6.07, 6.45) is 1.91. The van der Waals surface area contributed by atoms with Crippen molar-refractivity contribution in [3.63, 3.8) is 0 Å². The molecule has 0 bridgehead atoms. The summed E-state index contributed by atoms with van der Waals surface area (Å²) in [5.74, 6) is -0.0679. The smallest absolute Gasteiger partial charge is 0.256 e. The van der Waals surface area contributed by atoms with Gasteiger partial charge in [-0.25, -0.2) is 4.98 Å². The number of pyridine rings is 1. The van der Waals surface area contributed by atoms with E-state index in [1.54, 1.807) is 66.6 Å². The second-order valence-electron chi connectivity index (χ2n) is 9.21. The third kappa shape index (κ3) is 5.50. The van der Waals surface area contributed by atoms with Crippen LogP contribution in [0.2, 0.25) is 5.02 Å². The zero-order valence-corrected chi connectivity index (χ0v) is 21.2. The van der Waals surface area contributed by atoms with Gasteiger partial charge in [-0.1, -0.05) is 23.7 Å². The highest BCUT2D eigenvalue weighted by Crippen LogP contribution is 2.25. The number of Topliss-reactive ketones (excluding diaryl/α,β-unsaturated/α-hetero) is 1. The molecule has 5 rings (SSSR count). The van der Waals surface area contributed by atoms with Crippen LogP contribution in [0.15, 0.2) is 60.8 Å². The number of halogens is 1. The van der Waals surface area contributed by atoms with E-state index in [1.165, 1.54) is 0 Å². The van der Waals surface area contributed by atoms with Gasteiger partial charge in [0.05, 0.1) is 31.1 Å². The molecule has 0 unspecified atom stereocenters. The highest BCUT2D eigenvalue weighted by molar-refractivity contribution is 6.30. The standard InChI is InChI=1S/C28H27ClN4O4/c1-18-25(34)15-21-14-22(29)6-8-24(21)28(36)33(18)17-19-2-4-20(5-3-19)27(35)31-26-9-7-23(16-30-26)32-10-12-37-13-11-32/h2-9,14,16,18H,10-13,15,17H2,1H3,(H,30,31,35)/t18-/m1/s1. The summed E-state index contributed by atoms with van der Waals surface area (Å²) in [6.45, 7) is 5.01. The lowest BCUT2D eigenvalue weighted by Crippen LogP contribution is -2.41. The first-order valence-electron chi connectivity index (χ1n) is 12.2. The van der Waals surface area contributed by atoms with Gasteiger partial charge in [-0.3, -0.25) is 14.4 Å². The van der Waals surface area contributed by atoms with Crippen molar-refractivity contribution in [3.05, 3.63) is 88.1 Å². The molecule has 9 heteroatoms. The second kappa shape index (κ2) is 10.7. The Bertz CT molecular complexity index is 1320. The topological polar surface area (TPSA) is 91.8 Å². The van der Waals surface area contributed by atoms with Crippen molar-refractivity contribution in [2.24, 2.45) is 0 Å². The highest BCUT2D eigenvalue weighted by Gasteiger charge is 2.32. The molecular weight excluding hydrogens is 492 g/mol. The van der Waals surface area contributed by atoms with Crippen LogP contribution in [0, 0.1) is 0 Å². The average molecular weight is 519 g/mol. The van der Waals surface area contributed by atoms with Crippen molar-refractivity contribution >= 4 is 40.7 Å². The van der Waals surface area contributed by atoms with Gasteiger partial charge in [0.2, 0.25) is 0 Å². The molecule has 0 aliphatic carbocycles. The van der Waals surface area contributed by atoms with Crippen molar-refractivity contribution in [3.8, 4) is 0 Å². The van der Waals surface area contributed by atoms with E-state index >= 15 is 0 Å². The number of carbonyl (C=O) groups is 3. The molecule has 2 aliphatic heterocycles. The summed E-state index contributed by atoms with van der Waals surface area (Å²) in [7, 11) is 0. The molecule has 2 aromatic carbocycles. The number of ketones is 1. The maximum absolute atomic E-state index is 13.3. The van der Waals surface area contributed by atoms with E-state index in [4.69, 9.17) is 16.3 Å². The van der Waals surface area contributed by atoms with E-state index < -0.39 is 6.04 Å². The maximum atomic E-state index is 13.3. The van der Waals surface area contributed by atoms with E-state index in [0.717, 1.165) is 24.3 Å². The number of amides is 2. The quantitative estimate of drug-likeness (QED) is 0.549. The largest absolute Gasteiger partial charge is 0.378 e. The van der Waals surface area contributed by atoms with Crippen molar-refractivity contribution < 1.29 is 19.1 Å². The monoisotopic (exact) mass is 518 g/mol. The molecule has 1 N–H and O–H groups in total. The molecule has 190 valence electrons. The number of anilines is 2. The number of benzene rings is 2. The fourth-order valence-corrected chi connectivity index (χ4v) is 4.78. The Kier molecular flexibility index (Phi) is 7.21. The first-order chi connectivity index (χ1) is 17.9. The fourth-order valence-electron chi connectivity index (χ4n) is 4.58. The summed E-state index contributed by atoms with van der Waals surface area (Å²) in [5, 5.41) is 3.32. The van der Waals surface area contributed by atoms with Gasteiger partial charge in [0, 0.05) is 42.2 Å². The number of fused-ring (bicyclic) bond motifs is 1. The van der Waals surface area contributed by atoms with Gasteiger partial charge in [0.15, 0.2) is 5.78 Å². The number of rotatable bonds is 5. The Balaban J connectivity index is 1.25. The van der Waals surface area contributed by atoms with E-state index in [9.17, 15) is 14.4 Å². The number of ether oxygens (including phenoxy) is 1. The minimum Gasteiger partial charge on any atom is -0.378 e. The molecule has 1 atom stereocenters. The van der Waals surface area contributed by atoms with Crippen LogP contribution in [0.3, 0.4) is 0 Å². The molecular formula is C28H27ClN4O4. The third-order valence-corrected chi connectivity index (χ3v) is 7.03. The lowest BCUT2D eigenvalue weighted by atomic mass is 10.0. The lowest BCUT2D eigenvalue weighted by molar-refractivity contribution is -0.122. The van der Waals surface area contributed by atoms with Crippen molar-refractivity contribution in [2.45, 2.75) is 25.9 Å². The van der Waals surface area contributed by atoms with Gasteiger partial charge in [0.1, 0.15) is 5.82 Å². The van der Waals surface area contributed by atoms with Crippen LogP contribution < -0.4 is 10.2 Å². The van der Waals surface area contributed by atoms with E-state index in [2.05, 4.69) is 15.2 Å². The van der Waals surface area contributed by atoms with Crippen LogP contribution in [0.1, 0.15) is 38.8 Å². The Labute approximate surface area is 220 Å². The van der Waals surface area contributed by atoms with Crippen LogP contribution in [0.5, 0.6) is 0 Å². The normalized spacial score (nSPS) is 17.8. The number of aromatic nitrogens is 1. The van der Waals surface area contributed by atoms with Crippen LogP contribution in [0.4, 0.5) is 11.5 Å². The molecule has 2 aliphatic rings. The second-order valence-corrected chi connectivity index (χ2v) is 9.64. The zero-order valence-electron chi connectivity index (χ0n) is 20.4. The summed E-state index contributed by atoms with van der Waals surface area (Å²) in [4.78, 5) is 46.9. The molecule has 0 radical (unpaired) electrons. The Hall–Kier alpha value is -3.75. The van der Waals surface area contributed by atoms with E-state index in [0.29, 0.717) is 40.7 Å². The molecule has 0 spiro atoms. The summed E-state index contributed by atoms with van der Waals surface area (Å²) < 4.78 is 5.38. The molecule has 8 nitrogen and oxygen atoms in total. The van der Waals surface area contributed by atoms with Gasteiger partial charge in [-0.15, -0.1) is 0 Å². The van der Waals surface area contributed by atoms with Crippen LogP contribution in [-0.4, -0.2) is 59.8 Å². The molecule has 2 amide bonds. The van der Waals surface area contributed by atoms with Crippen molar-refractivity contribution in [1.82, 2.24) is 9.88 Å². The molecule has 1 saturated heterocycles. The first kappa shape index (κ1) is 24.9. The maximum Gasteiger partial charge on any atom is 0.256 e. The van der Waals surface area contributed by atoms with Crippen molar-refractivity contribution in [2.75, 3.05) is 36.5 Å². The first-order valence-corrected chi connectivity index (χ1v) is 12.6. The Morgan fingerprint density at radius 2 is 1.84 bits per heavy atom. The number of hydrogen-bond donors (Lipinski definition) is 1. The number of hydrogen-bond acceptors (Lipinski definition) is 6. The molecule has 1 aromatic heterocycles. The SMILES string of the molecule is C[C@@H]1C(=O)Cc2cc(Cl)ccc2C(=O)N1Cc1ccc(C(=O)Nc2ccc(N3CCOCC3)cn2)cc1. The average Bonchev–Trinajstić information content (AvgIpc) is 3.00. The molecule has 0 saturated carbocycles. The molecule has 1 fully saturated rings. The number of nitrogens with one attached hydrogen (secondary N) is 1. The summed E-state index contributed by atoms with van der Waals surface area (Å²) >= 11 is 6.08. The fraction of sp³-hybridized carbons (Fsp3) is 0.286. The molecule has 3 heterocycles. The van der Waals surface area contributed by atoms with Gasteiger partial charge in [-0.2, -0.15) is 0 Å². The zero-order chi connectivity index (χ0) is 25.9. The summed E-state index contributed by atoms with van der Waals surface area (Å²) in [5.41, 5.74) is 3.41. The predicted octanol–water partition coefficient (Wildman–Crippen LogP) is 3.98. The van der Waals surface area contributed by atoms with E-state index in [-0.39, 0.29) is 30.6 Å². The van der Waals surface area contributed by atoms with Gasteiger partial charge in [0.25, 0.3) is 11.8 Å². The Morgan fingerprint density at radius 1 is 1.08 bits per heavy atom. The third-order valence-electron chi connectivity index (χ3n) is 6.79. The molecule has 3 aromatic rings. The minimum absolute atomic E-state index is 0.0440. The van der Waals surface area contributed by atoms with E-state index in [1.807, 2.05) is 6.07 Å². The lowest BCUT2D eigenvalue weighted by Gasteiger charge is -2.28. The number of nitrogens with zero attached hydrogens (tertiary/aromatic N) is 3. The van der Waals surface area contributed by atoms with Gasteiger partial charge >= 0.3 is 0 Å². The number of morpholine rings is 1. The van der Waals surface area contributed by atoms with Gasteiger partial charge in [-0.05, 0) is 60.5 Å². The van der Waals surface area contributed by atoms with Crippen molar-refractivity contribution in [1.29, 1.82) is 0 Å². The van der Waals surface area contributed by atoms with Gasteiger partial charge < -0.3 is 19.9 Å². The number of carbonyl (C=O) groups excluding carboxylic acids is 3. The van der Waals surface area contributed by atoms with Crippen LogP contribution in [0.25, 0.3) is 0 Å². The minimum atomic E-state index is -0.576.